The molecule has 1 aromatic carbocycles. The van der Waals surface area contributed by atoms with Crippen molar-refractivity contribution in [3.05, 3.63) is 34.1 Å². The summed E-state index contributed by atoms with van der Waals surface area (Å²) in [6.45, 7) is 1.43. The summed E-state index contributed by atoms with van der Waals surface area (Å²) in [5.74, 6) is -0.447. The van der Waals surface area contributed by atoms with Crippen LogP contribution in [0.15, 0.2) is 12.1 Å². The van der Waals surface area contributed by atoms with Gasteiger partial charge in [0.25, 0.3) is 0 Å². The Bertz CT molecular complexity index is 250. The number of aryl methyl sites for hydroxylation is 1. The van der Waals surface area contributed by atoms with Crippen LogP contribution in [0.1, 0.15) is 11.1 Å². The summed E-state index contributed by atoms with van der Waals surface area (Å²) in [7, 11) is 0. The molecule has 0 aliphatic heterocycles. The van der Waals surface area contributed by atoms with Crippen LogP contribution in [0.2, 0.25) is 5.02 Å². The fraction of sp³-hybridized carbons (Fsp3) is 0.250. The van der Waals surface area contributed by atoms with Crippen LogP contribution in [0.25, 0.3) is 0 Å². The molecule has 3 heteroatoms. The highest BCUT2D eigenvalue weighted by molar-refractivity contribution is 6.30. The third-order valence-corrected chi connectivity index (χ3v) is 1.76. The molecule has 0 aromatic heterocycles. The maximum Gasteiger partial charge on any atom is 0.130 e. The molecule has 0 amide bonds. The molecule has 0 saturated heterocycles. The Hall–Kier alpha value is -0.600. The van der Waals surface area contributed by atoms with Gasteiger partial charge in [-0.15, -0.1) is 0 Å². The van der Waals surface area contributed by atoms with Gasteiger partial charge in [0.2, 0.25) is 0 Å². The summed E-state index contributed by atoms with van der Waals surface area (Å²) in [4.78, 5) is 0. The molecule has 0 aliphatic carbocycles. The molecule has 1 N–H and O–H groups in total. The molecule has 0 radical (unpaired) electrons. The van der Waals surface area contributed by atoms with Crippen LogP contribution < -0.4 is 0 Å². The van der Waals surface area contributed by atoms with Gasteiger partial charge in [-0.1, -0.05) is 11.6 Å². The zero-order valence-electron chi connectivity index (χ0n) is 6.06. The lowest BCUT2D eigenvalue weighted by atomic mass is 10.1. The summed E-state index contributed by atoms with van der Waals surface area (Å²) < 4.78 is 12.9. The van der Waals surface area contributed by atoms with E-state index < -0.39 is 5.82 Å². The van der Waals surface area contributed by atoms with Crippen LogP contribution in [0.4, 0.5) is 4.39 Å². The number of halogens is 2. The number of aliphatic hydroxyl groups is 1. The molecule has 0 unspecified atom stereocenters. The summed E-state index contributed by atoms with van der Waals surface area (Å²) in [5.41, 5.74) is 0.993. The summed E-state index contributed by atoms with van der Waals surface area (Å²) in [6.07, 6.45) is 0. The quantitative estimate of drug-likeness (QED) is 0.693. The largest absolute Gasteiger partial charge is 0.392 e. The standard InChI is InChI=1S/C8H8ClFO/c1-5-2-6(9)3-8(10)7(5)4-11/h2-3,11H,4H2,1H3. The zero-order valence-corrected chi connectivity index (χ0v) is 6.82. The summed E-state index contributed by atoms with van der Waals surface area (Å²) >= 11 is 5.56. The molecular weight excluding hydrogens is 167 g/mol. The monoisotopic (exact) mass is 174 g/mol. The van der Waals surface area contributed by atoms with Gasteiger partial charge >= 0.3 is 0 Å². The van der Waals surface area contributed by atoms with Gasteiger partial charge in [0.05, 0.1) is 6.61 Å². The topological polar surface area (TPSA) is 20.2 Å². The second-order valence-electron chi connectivity index (χ2n) is 2.34. The highest BCUT2D eigenvalue weighted by atomic mass is 35.5. The van der Waals surface area contributed by atoms with E-state index >= 15 is 0 Å². The Labute approximate surface area is 69.4 Å². The van der Waals surface area contributed by atoms with Crippen LogP contribution in [0.5, 0.6) is 0 Å². The SMILES string of the molecule is Cc1cc(Cl)cc(F)c1CO. The van der Waals surface area contributed by atoms with Crippen molar-refractivity contribution in [2.75, 3.05) is 0 Å². The van der Waals surface area contributed by atoms with Crippen molar-refractivity contribution in [1.29, 1.82) is 0 Å². The first-order valence-electron chi connectivity index (χ1n) is 3.20. The van der Waals surface area contributed by atoms with E-state index in [1.165, 1.54) is 6.07 Å². The lowest BCUT2D eigenvalue weighted by Gasteiger charge is -2.03. The lowest BCUT2D eigenvalue weighted by molar-refractivity contribution is 0.275. The molecule has 0 fully saturated rings. The van der Waals surface area contributed by atoms with Crippen molar-refractivity contribution < 1.29 is 9.50 Å². The second kappa shape index (κ2) is 3.20. The normalized spacial score (nSPS) is 10.2. The number of rotatable bonds is 1. The molecule has 1 aromatic rings. The number of hydrogen-bond donors (Lipinski definition) is 1. The van der Waals surface area contributed by atoms with Crippen molar-refractivity contribution in [3.8, 4) is 0 Å². The van der Waals surface area contributed by atoms with Crippen molar-refractivity contribution in [2.45, 2.75) is 13.5 Å². The van der Waals surface area contributed by atoms with Gasteiger partial charge in [-0.2, -0.15) is 0 Å². The van der Waals surface area contributed by atoms with E-state index in [4.69, 9.17) is 16.7 Å². The van der Waals surface area contributed by atoms with Crippen molar-refractivity contribution in [1.82, 2.24) is 0 Å². The Balaban J connectivity index is 3.25. The van der Waals surface area contributed by atoms with Crippen molar-refractivity contribution in [2.24, 2.45) is 0 Å². The van der Waals surface area contributed by atoms with Crippen LogP contribution in [0, 0.1) is 12.7 Å². The second-order valence-corrected chi connectivity index (χ2v) is 2.78. The first kappa shape index (κ1) is 8.50. The highest BCUT2D eigenvalue weighted by Crippen LogP contribution is 2.18. The fourth-order valence-electron chi connectivity index (χ4n) is 0.932. The predicted molar refractivity (Wildman–Crippen MR) is 42.1 cm³/mol. The molecule has 60 valence electrons. The van der Waals surface area contributed by atoms with Gasteiger partial charge in [-0.3, -0.25) is 0 Å². The molecule has 11 heavy (non-hydrogen) atoms. The molecule has 0 heterocycles. The molecular formula is C8H8ClFO. The summed E-state index contributed by atoms with van der Waals surface area (Å²) in [6, 6.07) is 2.82. The predicted octanol–water partition coefficient (Wildman–Crippen LogP) is 2.28. The maximum absolute atomic E-state index is 12.9. The number of benzene rings is 1. The van der Waals surface area contributed by atoms with Gasteiger partial charge in [-0.05, 0) is 24.6 Å². The first-order chi connectivity index (χ1) is 5.15. The first-order valence-corrected chi connectivity index (χ1v) is 3.58. The van der Waals surface area contributed by atoms with E-state index in [1.54, 1.807) is 13.0 Å². The zero-order chi connectivity index (χ0) is 8.43. The van der Waals surface area contributed by atoms with Crippen molar-refractivity contribution in [3.63, 3.8) is 0 Å². The van der Waals surface area contributed by atoms with Gasteiger partial charge in [0.1, 0.15) is 5.82 Å². The number of aliphatic hydroxyl groups excluding tert-OH is 1. The van der Waals surface area contributed by atoms with E-state index in [9.17, 15) is 4.39 Å². The van der Waals surface area contributed by atoms with Gasteiger partial charge in [0.15, 0.2) is 0 Å². The minimum Gasteiger partial charge on any atom is -0.392 e. The minimum atomic E-state index is -0.447. The Morgan fingerprint density at radius 2 is 2.18 bits per heavy atom. The van der Waals surface area contributed by atoms with Crippen LogP contribution in [0.3, 0.4) is 0 Å². The average Bonchev–Trinajstić information content (AvgIpc) is 1.85. The lowest BCUT2D eigenvalue weighted by Crippen LogP contribution is -1.93. The van der Waals surface area contributed by atoms with Crippen molar-refractivity contribution >= 4 is 11.6 Å². The highest BCUT2D eigenvalue weighted by Gasteiger charge is 2.05. The van der Waals surface area contributed by atoms with E-state index in [1.807, 2.05) is 0 Å². The van der Waals surface area contributed by atoms with E-state index in [2.05, 4.69) is 0 Å². The summed E-state index contributed by atoms with van der Waals surface area (Å²) in [5, 5.41) is 9.07. The van der Waals surface area contributed by atoms with Gasteiger partial charge in [-0.25, -0.2) is 4.39 Å². The smallest absolute Gasteiger partial charge is 0.130 e. The van der Waals surface area contributed by atoms with Gasteiger partial charge < -0.3 is 5.11 Å². The van der Waals surface area contributed by atoms with Crippen LogP contribution >= 0.6 is 11.6 Å². The van der Waals surface area contributed by atoms with Crippen LogP contribution in [-0.2, 0) is 6.61 Å². The van der Waals surface area contributed by atoms with Crippen LogP contribution in [-0.4, -0.2) is 5.11 Å². The average molecular weight is 175 g/mol. The molecule has 1 rings (SSSR count). The Morgan fingerprint density at radius 1 is 1.55 bits per heavy atom. The third-order valence-electron chi connectivity index (χ3n) is 1.54. The third kappa shape index (κ3) is 1.70. The molecule has 0 bridgehead atoms. The molecule has 0 saturated carbocycles. The van der Waals surface area contributed by atoms with E-state index in [-0.39, 0.29) is 6.61 Å². The van der Waals surface area contributed by atoms with E-state index in [0.29, 0.717) is 16.1 Å². The molecule has 0 aliphatic rings. The fourth-order valence-corrected chi connectivity index (χ4v) is 1.19. The molecule has 1 nitrogen and oxygen atoms in total. The van der Waals surface area contributed by atoms with Gasteiger partial charge in [0, 0.05) is 10.6 Å². The minimum absolute atomic E-state index is 0.283. The Morgan fingerprint density at radius 3 is 2.64 bits per heavy atom. The molecule has 0 atom stereocenters. The van der Waals surface area contributed by atoms with E-state index in [0.717, 1.165) is 0 Å². The number of hydrogen-bond acceptors (Lipinski definition) is 1. The maximum atomic E-state index is 12.9. The Kier molecular flexibility index (Phi) is 2.47. The molecule has 0 spiro atoms.